The molecule has 1 atom stereocenters. The molecule has 1 heterocycles. The molecule has 0 amide bonds. The SMILES string of the molecule is Cc1ccccc1[C@@H](C)NC1CCOCC1. The number of aryl methyl sites for hydroxylation is 1. The van der Waals surface area contributed by atoms with E-state index in [0.717, 1.165) is 26.1 Å². The smallest absolute Gasteiger partial charge is 0.0480 e. The predicted molar refractivity (Wildman–Crippen MR) is 66.6 cm³/mol. The number of rotatable bonds is 3. The fourth-order valence-electron chi connectivity index (χ4n) is 2.38. The highest BCUT2D eigenvalue weighted by molar-refractivity contribution is 5.28. The molecule has 1 N–H and O–H groups in total. The summed E-state index contributed by atoms with van der Waals surface area (Å²) in [6, 6.07) is 9.65. The molecule has 1 aromatic rings. The second kappa shape index (κ2) is 5.46. The predicted octanol–water partition coefficient (Wildman–Crippen LogP) is 2.82. The quantitative estimate of drug-likeness (QED) is 0.844. The molecule has 1 aliphatic rings. The van der Waals surface area contributed by atoms with Crippen molar-refractivity contribution in [2.75, 3.05) is 13.2 Å². The number of ether oxygens (including phenoxy) is 1. The van der Waals surface area contributed by atoms with Gasteiger partial charge in [-0.15, -0.1) is 0 Å². The van der Waals surface area contributed by atoms with Gasteiger partial charge >= 0.3 is 0 Å². The zero-order chi connectivity index (χ0) is 11.4. The Hall–Kier alpha value is -0.860. The second-order valence-electron chi connectivity index (χ2n) is 4.63. The number of hydrogen-bond acceptors (Lipinski definition) is 2. The molecule has 0 bridgehead atoms. The van der Waals surface area contributed by atoms with E-state index >= 15 is 0 Å². The van der Waals surface area contributed by atoms with Gasteiger partial charge in [0.15, 0.2) is 0 Å². The molecule has 2 rings (SSSR count). The van der Waals surface area contributed by atoms with Crippen LogP contribution in [0, 0.1) is 6.92 Å². The van der Waals surface area contributed by atoms with Crippen LogP contribution in [0.15, 0.2) is 24.3 Å². The first-order valence-electron chi connectivity index (χ1n) is 6.16. The van der Waals surface area contributed by atoms with Crippen molar-refractivity contribution in [3.8, 4) is 0 Å². The van der Waals surface area contributed by atoms with Gasteiger partial charge in [-0.3, -0.25) is 0 Å². The zero-order valence-corrected chi connectivity index (χ0v) is 10.2. The molecule has 0 aliphatic carbocycles. The van der Waals surface area contributed by atoms with Crippen molar-refractivity contribution >= 4 is 0 Å². The maximum atomic E-state index is 5.37. The van der Waals surface area contributed by atoms with E-state index in [0.29, 0.717) is 12.1 Å². The Labute approximate surface area is 98.0 Å². The van der Waals surface area contributed by atoms with E-state index in [2.05, 4.69) is 43.4 Å². The third-order valence-electron chi connectivity index (χ3n) is 3.36. The van der Waals surface area contributed by atoms with Crippen LogP contribution in [0.25, 0.3) is 0 Å². The molecular formula is C14H21NO. The molecule has 1 aliphatic heterocycles. The maximum Gasteiger partial charge on any atom is 0.0480 e. The summed E-state index contributed by atoms with van der Waals surface area (Å²) in [5, 5.41) is 3.70. The summed E-state index contributed by atoms with van der Waals surface area (Å²) in [7, 11) is 0. The molecule has 0 saturated carbocycles. The van der Waals surface area contributed by atoms with E-state index in [1.165, 1.54) is 11.1 Å². The Balaban J connectivity index is 1.96. The molecule has 16 heavy (non-hydrogen) atoms. The molecule has 2 heteroatoms. The number of benzene rings is 1. The molecule has 2 nitrogen and oxygen atoms in total. The van der Waals surface area contributed by atoms with E-state index in [1.807, 2.05) is 0 Å². The van der Waals surface area contributed by atoms with Crippen molar-refractivity contribution in [3.63, 3.8) is 0 Å². The fourth-order valence-corrected chi connectivity index (χ4v) is 2.38. The fraction of sp³-hybridized carbons (Fsp3) is 0.571. The van der Waals surface area contributed by atoms with Crippen molar-refractivity contribution < 1.29 is 4.74 Å². The second-order valence-corrected chi connectivity index (χ2v) is 4.63. The van der Waals surface area contributed by atoms with E-state index in [-0.39, 0.29) is 0 Å². The zero-order valence-electron chi connectivity index (χ0n) is 10.2. The van der Waals surface area contributed by atoms with Gasteiger partial charge in [0.05, 0.1) is 0 Å². The third kappa shape index (κ3) is 2.83. The summed E-state index contributed by atoms with van der Waals surface area (Å²) >= 11 is 0. The third-order valence-corrected chi connectivity index (χ3v) is 3.36. The van der Waals surface area contributed by atoms with Crippen LogP contribution < -0.4 is 5.32 Å². The molecular weight excluding hydrogens is 198 g/mol. The molecule has 1 saturated heterocycles. The Morgan fingerprint density at radius 1 is 1.25 bits per heavy atom. The lowest BCUT2D eigenvalue weighted by atomic mass is 10.0. The summed E-state index contributed by atoms with van der Waals surface area (Å²) in [6.07, 6.45) is 2.27. The van der Waals surface area contributed by atoms with Crippen molar-refractivity contribution in [2.45, 2.75) is 38.8 Å². The lowest BCUT2D eigenvalue weighted by Crippen LogP contribution is -2.36. The van der Waals surface area contributed by atoms with Crippen LogP contribution in [0.4, 0.5) is 0 Å². The maximum absolute atomic E-state index is 5.37. The Morgan fingerprint density at radius 2 is 1.94 bits per heavy atom. The molecule has 1 fully saturated rings. The van der Waals surface area contributed by atoms with Crippen LogP contribution in [0.2, 0.25) is 0 Å². The van der Waals surface area contributed by atoms with Crippen LogP contribution in [0.3, 0.4) is 0 Å². The van der Waals surface area contributed by atoms with Crippen molar-refractivity contribution in [1.82, 2.24) is 5.32 Å². The summed E-state index contributed by atoms with van der Waals surface area (Å²) in [6.45, 7) is 6.23. The monoisotopic (exact) mass is 219 g/mol. The molecule has 0 unspecified atom stereocenters. The topological polar surface area (TPSA) is 21.3 Å². The number of hydrogen-bond donors (Lipinski definition) is 1. The summed E-state index contributed by atoms with van der Waals surface area (Å²) in [5.41, 5.74) is 2.78. The lowest BCUT2D eigenvalue weighted by Gasteiger charge is -2.27. The van der Waals surface area contributed by atoms with Gasteiger partial charge in [-0.25, -0.2) is 0 Å². The van der Waals surface area contributed by atoms with E-state index < -0.39 is 0 Å². The van der Waals surface area contributed by atoms with Gasteiger partial charge in [-0.1, -0.05) is 24.3 Å². The summed E-state index contributed by atoms with van der Waals surface area (Å²) in [4.78, 5) is 0. The van der Waals surface area contributed by atoms with Gasteiger partial charge in [0.1, 0.15) is 0 Å². The van der Waals surface area contributed by atoms with Gasteiger partial charge < -0.3 is 10.1 Å². The summed E-state index contributed by atoms with van der Waals surface area (Å²) < 4.78 is 5.37. The molecule has 88 valence electrons. The molecule has 0 radical (unpaired) electrons. The normalized spacial score (nSPS) is 19.6. The molecule has 0 aromatic heterocycles. The molecule has 1 aromatic carbocycles. The molecule has 0 spiro atoms. The van der Waals surface area contributed by atoms with Crippen molar-refractivity contribution in [2.24, 2.45) is 0 Å². The van der Waals surface area contributed by atoms with Crippen LogP contribution in [0.1, 0.15) is 36.9 Å². The van der Waals surface area contributed by atoms with Gasteiger partial charge in [0, 0.05) is 25.3 Å². The highest BCUT2D eigenvalue weighted by Gasteiger charge is 2.17. The Morgan fingerprint density at radius 3 is 2.62 bits per heavy atom. The van der Waals surface area contributed by atoms with E-state index in [9.17, 15) is 0 Å². The van der Waals surface area contributed by atoms with Crippen LogP contribution in [0.5, 0.6) is 0 Å². The Bertz CT molecular complexity index is 331. The largest absolute Gasteiger partial charge is 0.381 e. The van der Waals surface area contributed by atoms with E-state index in [4.69, 9.17) is 4.74 Å². The first-order valence-corrected chi connectivity index (χ1v) is 6.16. The number of nitrogens with one attached hydrogen (secondary N) is 1. The van der Waals surface area contributed by atoms with Crippen molar-refractivity contribution in [3.05, 3.63) is 35.4 Å². The lowest BCUT2D eigenvalue weighted by molar-refractivity contribution is 0.0754. The highest BCUT2D eigenvalue weighted by Crippen LogP contribution is 2.19. The van der Waals surface area contributed by atoms with Crippen LogP contribution in [-0.4, -0.2) is 19.3 Å². The average molecular weight is 219 g/mol. The van der Waals surface area contributed by atoms with E-state index in [1.54, 1.807) is 0 Å². The Kier molecular flexibility index (Phi) is 3.97. The minimum Gasteiger partial charge on any atom is -0.381 e. The van der Waals surface area contributed by atoms with Gasteiger partial charge in [0.2, 0.25) is 0 Å². The van der Waals surface area contributed by atoms with Gasteiger partial charge in [0.25, 0.3) is 0 Å². The minimum absolute atomic E-state index is 0.435. The minimum atomic E-state index is 0.435. The first-order chi connectivity index (χ1) is 7.77. The average Bonchev–Trinajstić information content (AvgIpc) is 2.31. The van der Waals surface area contributed by atoms with Crippen LogP contribution in [-0.2, 0) is 4.74 Å². The first kappa shape index (κ1) is 11.6. The van der Waals surface area contributed by atoms with Gasteiger partial charge in [-0.2, -0.15) is 0 Å². The summed E-state index contributed by atoms with van der Waals surface area (Å²) in [5.74, 6) is 0. The van der Waals surface area contributed by atoms with Gasteiger partial charge in [-0.05, 0) is 37.8 Å². The highest BCUT2D eigenvalue weighted by atomic mass is 16.5. The standard InChI is InChI=1S/C14H21NO/c1-11-5-3-4-6-14(11)12(2)15-13-7-9-16-10-8-13/h3-6,12-13,15H,7-10H2,1-2H3/t12-/m1/s1. The van der Waals surface area contributed by atoms with Crippen molar-refractivity contribution in [1.29, 1.82) is 0 Å². The van der Waals surface area contributed by atoms with Crippen LogP contribution >= 0.6 is 0 Å².